The molecule has 1 fully saturated rings. The smallest absolute Gasteiger partial charge is 0.323 e. The standard InChI is InChI=1S/C41H43N7O2/c1-5-32-24-40(43-27-42-32)48-26-36(29-12-10-28(3)11-13-29)35-16-14-31(23-38(35)48)30-8-7-9-33(22-30)44-41(49)45-37-17-15-34(25-39(37)50-4)47-20-18-46(6-2)19-21-47/h7-17,22-27H,5-6,18-21H2,1-4H3,(H2,44,45,49). The molecular weight excluding hydrogens is 622 g/mol. The maximum Gasteiger partial charge on any atom is 0.323 e. The van der Waals surface area contributed by atoms with Crippen LogP contribution in [0.25, 0.3) is 39.0 Å². The number of benzene rings is 4. The average Bonchev–Trinajstić information content (AvgIpc) is 3.54. The number of anilines is 3. The summed E-state index contributed by atoms with van der Waals surface area (Å²) in [4.78, 5) is 27.1. The topological polar surface area (TPSA) is 87.6 Å². The van der Waals surface area contributed by atoms with Crippen molar-refractivity contribution in [3.05, 3.63) is 115 Å². The minimum absolute atomic E-state index is 0.340. The molecule has 3 heterocycles. The third-order valence-electron chi connectivity index (χ3n) is 9.56. The molecule has 0 radical (unpaired) electrons. The van der Waals surface area contributed by atoms with E-state index in [1.165, 1.54) is 5.56 Å². The van der Waals surface area contributed by atoms with E-state index in [4.69, 9.17) is 4.74 Å². The molecule has 50 heavy (non-hydrogen) atoms. The van der Waals surface area contributed by atoms with E-state index in [0.29, 0.717) is 17.1 Å². The second kappa shape index (κ2) is 14.4. The highest BCUT2D eigenvalue weighted by atomic mass is 16.5. The van der Waals surface area contributed by atoms with Crippen LogP contribution in [0.4, 0.5) is 21.9 Å². The second-order valence-corrected chi connectivity index (χ2v) is 12.7. The molecule has 9 heteroatoms. The summed E-state index contributed by atoms with van der Waals surface area (Å²) in [5, 5.41) is 7.12. The summed E-state index contributed by atoms with van der Waals surface area (Å²) in [5.41, 5.74) is 9.93. The number of methoxy groups -OCH3 is 1. The summed E-state index contributed by atoms with van der Waals surface area (Å²) in [6, 6.07) is 30.7. The molecule has 0 spiro atoms. The Hall–Kier alpha value is -5.67. The van der Waals surface area contributed by atoms with Gasteiger partial charge in [-0.1, -0.05) is 67.9 Å². The van der Waals surface area contributed by atoms with Crippen LogP contribution in [0, 0.1) is 6.92 Å². The number of rotatable bonds is 9. The van der Waals surface area contributed by atoms with Crippen molar-refractivity contribution in [1.82, 2.24) is 19.4 Å². The summed E-state index contributed by atoms with van der Waals surface area (Å²) < 4.78 is 7.83. The van der Waals surface area contributed by atoms with Gasteiger partial charge in [0.25, 0.3) is 0 Å². The fraction of sp³-hybridized carbons (Fsp3) is 0.244. The van der Waals surface area contributed by atoms with Crippen molar-refractivity contribution >= 4 is 34.0 Å². The first kappa shape index (κ1) is 32.9. The Kier molecular flexibility index (Phi) is 9.49. The first-order valence-electron chi connectivity index (χ1n) is 17.3. The molecule has 254 valence electrons. The fourth-order valence-corrected chi connectivity index (χ4v) is 6.63. The van der Waals surface area contributed by atoms with Crippen LogP contribution in [0.15, 0.2) is 104 Å². The molecule has 1 saturated heterocycles. The van der Waals surface area contributed by atoms with Crippen molar-refractivity contribution < 1.29 is 9.53 Å². The van der Waals surface area contributed by atoms with Gasteiger partial charge in [-0.3, -0.25) is 0 Å². The largest absolute Gasteiger partial charge is 0.494 e. The molecule has 1 aliphatic rings. The average molecular weight is 666 g/mol. The molecule has 0 saturated carbocycles. The number of likely N-dealkylation sites (N-methyl/N-ethyl adjacent to an activating group) is 1. The normalized spacial score (nSPS) is 13.4. The van der Waals surface area contributed by atoms with Crippen molar-refractivity contribution in [2.24, 2.45) is 0 Å². The van der Waals surface area contributed by atoms with Crippen molar-refractivity contribution in [3.8, 4) is 33.8 Å². The number of urea groups is 1. The van der Waals surface area contributed by atoms with Gasteiger partial charge in [-0.05, 0) is 66.9 Å². The van der Waals surface area contributed by atoms with Crippen LogP contribution in [0.5, 0.6) is 5.75 Å². The van der Waals surface area contributed by atoms with E-state index in [-0.39, 0.29) is 6.03 Å². The molecule has 2 aromatic heterocycles. The summed E-state index contributed by atoms with van der Waals surface area (Å²) in [7, 11) is 1.63. The number of nitrogens with zero attached hydrogens (tertiary/aromatic N) is 5. The molecule has 0 bridgehead atoms. The molecule has 9 nitrogen and oxygen atoms in total. The first-order chi connectivity index (χ1) is 24.4. The SMILES string of the molecule is CCc1cc(-n2cc(-c3ccc(C)cc3)c3ccc(-c4cccc(NC(=O)Nc5ccc(N6CCN(CC)CC6)cc5OC)c4)cc32)ncn1. The number of aromatic nitrogens is 3. The summed E-state index contributed by atoms with van der Waals surface area (Å²) in [6.45, 7) is 11.5. The molecule has 2 N–H and O–H groups in total. The third-order valence-corrected chi connectivity index (χ3v) is 9.56. The van der Waals surface area contributed by atoms with E-state index >= 15 is 0 Å². The predicted octanol–water partition coefficient (Wildman–Crippen LogP) is 8.42. The Labute approximate surface area is 293 Å². The Morgan fingerprint density at radius 1 is 0.820 bits per heavy atom. The van der Waals surface area contributed by atoms with Gasteiger partial charge < -0.3 is 29.7 Å². The van der Waals surface area contributed by atoms with Gasteiger partial charge in [-0.15, -0.1) is 0 Å². The lowest BCUT2D eigenvalue weighted by Crippen LogP contribution is -2.46. The van der Waals surface area contributed by atoms with Gasteiger partial charge in [-0.25, -0.2) is 14.8 Å². The Balaban J connectivity index is 1.14. The summed E-state index contributed by atoms with van der Waals surface area (Å²) in [5.74, 6) is 1.45. The maximum atomic E-state index is 13.2. The van der Waals surface area contributed by atoms with Crippen LogP contribution >= 0.6 is 0 Å². The van der Waals surface area contributed by atoms with Gasteiger partial charge in [0, 0.05) is 72.5 Å². The lowest BCUT2D eigenvalue weighted by atomic mass is 10.00. The van der Waals surface area contributed by atoms with E-state index in [1.54, 1.807) is 13.4 Å². The van der Waals surface area contributed by atoms with Crippen molar-refractivity contribution in [2.75, 3.05) is 55.4 Å². The monoisotopic (exact) mass is 665 g/mol. The number of aryl methyl sites for hydroxylation is 2. The first-order valence-corrected chi connectivity index (χ1v) is 17.3. The molecule has 1 aliphatic heterocycles. The van der Waals surface area contributed by atoms with Crippen LogP contribution in [-0.4, -0.2) is 65.3 Å². The zero-order valence-corrected chi connectivity index (χ0v) is 29.1. The highest BCUT2D eigenvalue weighted by Gasteiger charge is 2.19. The molecular formula is C41H43N7O2. The minimum Gasteiger partial charge on any atom is -0.494 e. The van der Waals surface area contributed by atoms with Crippen molar-refractivity contribution in [2.45, 2.75) is 27.2 Å². The zero-order chi connectivity index (χ0) is 34.6. The molecule has 0 aliphatic carbocycles. The Bertz CT molecular complexity index is 2130. The second-order valence-electron chi connectivity index (χ2n) is 12.7. The summed E-state index contributed by atoms with van der Waals surface area (Å²) >= 11 is 0. The summed E-state index contributed by atoms with van der Waals surface area (Å²) in [6.07, 6.45) is 4.62. The molecule has 0 unspecified atom stereocenters. The van der Waals surface area contributed by atoms with E-state index in [1.807, 2.05) is 42.5 Å². The maximum absolute atomic E-state index is 13.2. The number of hydrogen-bond acceptors (Lipinski definition) is 6. The quantitative estimate of drug-likeness (QED) is 0.161. The lowest BCUT2D eigenvalue weighted by molar-refractivity contribution is 0.262. The van der Waals surface area contributed by atoms with Gasteiger partial charge in [0.05, 0.1) is 18.3 Å². The van der Waals surface area contributed by atoms with E-state index in [2.05, 4.69) is 110 Å². The minimum atomic E-state index is -0.340. The third kappa shape index (κ3) is 6.91. The molecule has 2 amide bonds. The number of carbonyl (C=O) groups is 1. The number of ether oxygens (including phenoxy) is 1. The zero-order valence-electron chi connectivity index (χ0n) is 29.1. The fourth-order valence-electron chi connectivity index (χ4n) is 6.63. The molecule has 7 rings (SSSR count). The number of piperazine rings is 1. The van der Waals surface area contributed by atoms with Gasteiger partial charge in [0.1, 0.15) is 17.9 Å². The van der Waals surface area contributed by atoms with Gasteiger partial charge in [0.2, 0.25) is 0 Å². The lowest BCUT2D eigenvalue weighted by Gasteiger charge is -2.35. The van der Waals surface area contributed by atoms with E-state index < -0.39 is 0 Å². The van der Waals surface area contributed by atoms with Crippen LogP contribution < -0.4 is 20.3 Å². The molecule has 4 aromatic carbocycles. The van der Waals surface area contributed by atoms with Crippen LogP contribution in [0.2, 0.25) is 0 Å². The van der Waals surface area contributed by atoms with Crippen LogP contribution in [0.3, 0.4) is 0 Å². The predicted molar refractivity (Wildman–Crippen MR) is 204 cm³/mol. The Morgan fingerprint density at radius 3 is 2.36 bits per heavy atom. The van der Waals surface area contributed by atoms with Crippen molar-refractivity contribution in [3.63, 3.8) is 0 Å². The van der Waals surface area contributed by atoms with Gasteiger partial charge >= 0.3 is 6.03 Å². The number of hydrogen-bond donors (Lipinski definition) is 2. The molecule has 6 aromatic rings. The number of amides is 2. The highest BCUT2D eigenvalue weighted by Crippen LogP contribution is 2.36. The number of carbonyl (C=O) groups excluding carboxylic acids is 1. The highest BCUT2D eigenvalue weighted by molar-refractivity contribution is 6.02. The van der Waals surface area contributed by atoms with E-state index in [9.17, 15) is 4.79 Å². The van der Waals surface area contributed by atoms with Gasteiger partial charge in [0.15, 0.2) is 0 Å². The van der Waals surface area contributed by atoms with Crippen LogP contribution in [-0.2, 0) is 6.42 Å². The van der Waals surface area contributed by atoms with Crippen molar-refractivity contribution in [1.29, 1.82) is 0 Å². The van der Waals surface area contributed by atoms with E-state index in [0.717, 1.165) is 89.5 Å². The number of fused-ring (bicyclic) bond motifs is 1. The van der Waals surface area contributed by atoms with Gasteiger partial charge in [-0.2, -0.15) is 0 Å². The van der Waals surface area contributed by atoms with Crippen LogP contribution in [0.1, 0.15) is 25.1 Å². The Morgan fingerprint density at radius 2 is 1.60 bits per heavy atom. The number of nitrogens with one attached hydrogen (secondary N) is 2. The molecule has 0 atom stereocenters.